The fourth-order valence-electron chi connectivity index (χ4n) is 3.00. The number of nitro groups is 1. The Kier molecular flexibility index (Phi) is 5.13. The van der Waals surface area contributed by atoms with Gasteiger partial charge >= 0.3 is 0 Å². The van der Waals surface area contributed by atoms with Crippen molar-refractivity contribution < 1.29 is 19.2 Å². The van der Waals surface area contributed by atoms with Gasteiger partial charge in [0.2, 0.25) is 0 Å². The number of non-ortho nitro benzene ring substituents is 1. The highest BCUT2D eigenvalue weighted by Crippen LogP contribution is 2.35. The van der Waals surface area contributed by atoms with Crippen molar-refractivity contribution in [3.8, 4) is 11.5 Å². The van der Waals surface area contributed by atoms with Crippen LogP contribution in [0.15, 0.2) is 47.5 Å². The molecule has 1 aliphatic rings. The molecular weight excluding hydrogens is 394 g/mol. The van der Waals surface area contributed by atoms with Crippen molar-refractivity contribution in [1.82, 2.24) is 4.57 Å². The molecule has 2 aromatic carbocycles. The van der Waals surface area contributed by atoms with Crippen LogP contribution in [0.3, 0.4) is 0 Å². The zero-order valence-corrected chi connectivity index (χ0v) is 16.3. The second-order valence-corrected chi connectivity index (χ2v) is 7.23. The van der Waals surface area contributed by atoms with Crippen molar-refractivity contribution in [2.45, 2.75) is 13.5 Å². The molecule has 2 heterocycles. The van der Waals surface area contributed by atoms with Crippen LogP contribution in [-0.2, 0) is 11.3 Å². The highest BCUT2D eigenvalue weighted by atomic mass is 32.1. The average molecular weight is 411 g/mol. The van der Waals surface area contributed by atoms with E-state index in [4.69, 9.17) is 9.47 Å². The third-order valence-electron chi connectivity index (χ3n) is 4.39. The van der Waals surface area contributed by atoms with E-state index in [1.54, 1.807) is 18.2 Å². The van der Waals surface area contributed by atoms with Crippen molar-refractivity contribution in [2.24, 2.45) is 4.99 Å². The summed E-state index contributed by atoms with van der Waals surface area (Å²) in [6, 6.07) is 9.78. The minimum atomic E-state index is -0.465. The molecule has 148 valence electrons. The van der Waals surface area contributed by atoms with Crippen LogP contribution in [0.5, 0.6) is 11.5 Å². The van der Waals surface area contributed by atoms with Gasteiger partial charge in [-0.1, -0.05) is 11.3 Å². The normalized spacial score (nSPS) is 13.9. The topological polar surface area (TPSA) is 96.0 Å². The SMILES string of the molecule is CCn1c(=NC(=O)/C=C\c2ccc([N+](=O)[O-])cc2)sc2cc3c(cc21)OCCO3. The lowest BCUT2D eigenvalue weighted by atomic mass is 10.2. The van der Waals surface area contributed by atoms with Crippen LogP contribution in [-0.4, -0.2) is 28.6 Å². The van der Waals surface area contributed by atoms with Gasteiger partial charge in [0, 0.05) is 36.9 Å². The monoisotopic (exact) mass is 411 g/mol. The molecule has 0 spiro atoms. The van der Waals surface area contributed by atoms with Crippen LogP contribution in [0.25, 0.3) is 16.3 Å². The number of ether oxygens (including phenoxy) is 2. The van der Waals surface area contributed by atoms with E-state index in [1.165, 1.54) is 29.5 Å². The fourth-order valence-corrected chi connectivity index (χ4v) is 4.11. The van der Waals surface area contributed by atoms with Gasteiger partial charge in [0.05, 0.1) is 15.1 Å². The first-order chi connectivity index (χ1) is 14.0. The predicted molar refractivity (Wildman–Crippen MR) is 109 cm³/mol. The molecule has 0 radical (unpaired) electrons. The molecule has 0 aliphatic carbocycles. The maximum Gasteiger partial charge on any atom is 0.272 e. The van der Waals surface area contributed by atoms with Crippen molar-refractivity contribution in [3.05, 3.63) is 63.0 Å². The molecule has 0 fully saturated rings. The Morgan fingerprint density at radius 1 is 1.24 bits per heavy atom. The van der Waals surface area contributed by atoms with E-state index in [-0.39, 0.29) is 5.69 Å². The number of hydrogen-bond donors (Lipinski definition) is 0. The summed E-state index contributed by atoms with van der Waals surface area (Å²) in [4.78, 5) is 27.4. The summed E-state index contributed by atoms with van der Waals surface area (Å²) in [6.45, 7) is 3.66. The number of nitro benzene ring substituents is 1. The maximum absolute atomic E-state index is 12.3. The molecule has 0 saturated carbocycles. The Bertz CT molecular complexity index is 1190. The molecule has 0 atom stereocenters. The quantitative estimate of drug-likeness (QED) is 0.372. The minimum absolute atomic E-state index is 0.00286. The summed E-state index contributed by atoms with van der Waals surface area (Å²) >= 11 is 1.41. The van der Waals surface area contributed by atoms with E-state index in [0.29, 0.717) is 41.6 Å². The molecule has 1 aromatic heterocycles. The highest BCUT2D eigenvalue weighted by molar-refractivity contribution is 7.16. The van der Waals surface area contributed by atoms with Crippen molar-refractivity contribution in [1.29, 1.82) is 0 Å². The van der Waals surface area contributed by atoms with Gasteiger partial charge in [-0.05, 0) is 30.7 Å². The van der Waals surface area contributed by atoms with Gasteiger partial charge in [-0.25, -0.2) is 0 Å². The van der Waals surface area contributed by atoms with Gasteiger partial charge < -0.3 is 14.0 Å². The number of amides is 1. The first kappa shape index (κ1) is 18.9. The molecule has 1 aliphatic heterocycles. The number of aryl methyl sites for hydroxylation is 1. The van der Waals surface area contributed by atoms with Gasteiger partial charge in [0.15, 0.2) is 16.3 Å². The van der Waals surface area contributed by atoms with Crippen molar-refractivity contribution in [3.63, 3.8) is 0 Å². The van der Waals surface area contributed by atoms with Gasteiger partial charge in [-0.2, -0.15) is 4.99 Å². The summed E-state index contributed by atoms with van der Waals surface area (Å²) in [5.41, 5.74) is 1.62. The summed E-state index contributed by atoms with van der Waals surface area (Å²) < 4.78 is 14.2. The van der Waals surface area contributed by atoms with Crippen molar-refractivity contribution in [2.75, 3.05) is 13.2 Å². The maximum atomic E-state index is 12.3. The summed E-state index contributed by atoms with van der Waals surface area (Å²) in [5.74, 6) is 0.985. The van der Waals surface area contributed by atoms with E-state index in [0.717, 1.165) is 10.2 Å². The number of benzene rings is 2. The average Bonchev–Trinajstić information content (AvgIpc) is 3.06. The first-order valence-electron chi connectivity index (χ1n) is 8.99. The Morgan fingerprint density at radius 3 is 2.59 bits per heavy atom. The zero-order chi connectivity index (χ0) is 20.4. The molecule has 0 unspecified atom stereocenters. The number of hydrogen-bond acceptors (Lipinski definition) is 6. The second-order valence-electron chi connectivity index (χ2n) is 6.22. The number of carbonyl (C=O) groups is 1. The van der Waals surface area contributed by atoms with Gasteiger partial charge in [0.1, 0.15) is 13.2 Å². The Hall–Kier alpha value is -3.46. The smallest absolute Gasteiger partial charge is 0.272 e. The molecule has 4 rings (SSSR count). The number of thiazole rings is 1. The standard InChI is InChI=1S/C20H17N3O5S/c1-2-22-15-11-16-17(28-10-9-27-16)12-18(15)29-20(22)21-19(24)8-5-13-3-6-14(7-4-13)23(25)26/h3-8,11-12H,2,9-10H2,1H3/b8-5-,21-20?. The van der Waals surface area contributed by atoms with Crippen LogP contribution < -0.4 is 14.3 Å². The lowest BCUT2D eigenvalue weighted by Crippen LogP contribution is -2.16. The summed E-state index contributed by atoms with van der Waals surface area (Å²) in [5, 5.41) is 10.7. The molecule has 3 aromatic rings. The largest absolute Gasteiger partial charge is 0.486 e. The van der Waals surface area contributed by atoms with E-state index in [2.05, 4.69) is 4.99 Å². The predicted octanol–water partition coefficient (Wildman–Crippen LogP) is 3.54. The van der Waals surface area contributed by atoms with Crippen LogP contribution in [0, 0.1) is 10.1 Å². The van der Waals surface area contributed by atoms with E-state index >= 15 is 0 Å². The van der Waals surface area contributed by atoms with Crippen LogP contribution in [0.1, 0.15) is 12.5 Å². The minimum Gasteiger partial charge on any atom is -0.486 e. The van der Waals surface area contributed by atoms with Crippen molar-refractivity contribution >= 4 is 39.2 Å². The molecule has 8 nitrogen and oxygen atoms in total. The van der Waals surface area contributed by atoms with Gasteiger partial charge in [0.25, 0.3) is 11.6 Å². The lowest BCUT2D eigenvalue weighted by Gasteiger charge is -2.18. The zero-order valence-electron chi connectivity index (χ0n) is 15.5. The summed E-state index contributed by atoms with van der Waals surface area (Å²) in [7, 11) is 0. The molecular formula is C20H17N3O5S. The van der Waals surface area contributed by atoms with Crippen LogP contribution >= 0.6 is 11.3 Å². The highest BCUT2D eigenvalue weighted by Gasteiger charge is 2.16. The number of fused-ring (bicyclic) bond motifs is 2. The van der Waals surface area contributed by atoms with E-state index in [9.17, 15) is 14.9 Å². The van der Waals surface area contributed by atoms with E-state index < -0.39 is 10.8 Å². The van der Waals surface area contributed by atoms with Crippen LogP contribution in [0.4, 0.5) is 5.69 Å². The molecule has 9 heteroatoms. The summed E-state index contributed by atoms with van der Waals surface area (Å²) in [6.07, 6.45) is 2.93. The fraction of sp³-hybridized carbons (Fsp3) is 0.200. The Labute approximate surface area is 169 Å². The third kappa shape index (κ3) is 3.90. The number of aromatic nitrogens is 1. The number of nitrogens with zero attached hydrogens (tertiary/aromatic N) is 3. The molecule has 0 N–H and O–H groups in total. The van der Waals surface area contributed by atoms with E-state index in [1.807, 2.05) is 23.6 Å². The molecule has 0 bridgehead atoms. The number of carbonyl (C=O) groups excluding carboxylic acids is 1. The molecule has 1 amide bonds. The Balaban J connectivity index is 1.64. The lowest BCUT2D eigenvalue weighted by molar-refractivity contribution is -0.384. The Morgan fingerprint density at radius 2 is 1.93 bits per heavy atom. The second kappa shape index (κ2) is 7.88. The van der Waals surface area contributed by atoms with Gasteiger partial charge in [-0.15, -0.1) is 0 Å². The van der Waals surface area contributed by atoms with Gasteiger partial charge in [-0.3, -0.25) is 14.9 Å². The third-order valence-corrected chi connectivity index (χ3v) is 5.43. The number of rotatable bonds is 4. The molecule has 29 heavy (non-hydrogen) atoms. The van der Waals surface area contributed by atoms with Crippen LogP contribution in [0.2, 0.25) is 0 Å². The first-order valence-corrected chi connectivity index (χ1v) is 9.81. The molecule has 0 saturated heterocycles.